The lowest BCUT2D eigenvalue weighted by molar-refractivity contribution is -0.141. The molecular weight excluding hydrogens is 231 g/mol. The van der Waals surface area contributed by atoms with E-state index in [1.807, 2.05) is 6.92 Å². The van der Waals surface area contributed by atoms with Crippen LogP contribution in [0.1, 0.15) is 32.9 Å². The van der Waals surface area contributed by atoms with Gasteiger partial charge >= 0.3 is 6.18 Å². The molecular formula is C11H16F3N3. The Labute approximate surface area is 98.4 Å². The minimum atomic E-state index is -4.44. The second-order valence-electron chi connectivity index (χ2n) is 4.12. The summed E-state index contributed by atoms with van der Waals surface area (Å²) in [4.78, 5) is 0. The van der Waals surface area contributed by atoms with Crippen molar-refractivity contribution in [3.8, 4) is 0 Å². The first kappa shape index (κ1) is 13.7. The molecule has 0 aliphatic heterocycles. The van der Waals surface area contributed by atoms with Crippen LogP contribution < -0.4 is 5.32 Å². The zero-order valence-corrected chi connectivity index (χ0v) is 10.0. The fourth-order valence-electron chi connectivity index (χ4n) is 1.29. The van der Waals surface area contributed by atoms with Crippen molar-refractivity contribution in [1.82, 2.24) is 10.2 Å². The molecule has 2 atom stereocenters. The Morgan fingerprint density at radius 3 is 2.29 bits per heavy atom. The van der Waals surface area contributed by atoms with Crippen molar-refractivity contribution in [3.05, 3.63) is 17.8 Å². The number of anilines is 1. The SMILES string of the molecule is CCC(C)C(C)Nc1ccc(C(F)(F)F)nn1. The van der Waals surface area contributed by atoms with E-state index in [4.69, 9.17) is 0 Å². The van der Waals surface area contributed by atoms with E-state index in [-0.39, 0.29) is 6.04 Å². The van der Waals surface area contributed by atoms with Gasteiger partial charge in [0, 0.05) is 6.04 Å². The van der Waals surface area contributed by atoms with Gasteiger partial charge in [-0.1, -0.05) is 20.3 Å². The minimum Gasteiger partial charge on any atom is -0.366 e. The van der Waals surface area contributed by atoms with Crippen LogP contribution in [0.2, 0.25) is 0 Å². The number of rotatable bonds is 4. The Balaban J connectivity index is 2.69. The fourth-order valence-corrected chi connectivity index (χ4v) is 1.29. The second kappa shape index (κ2) is 5.33. The van der Waals surface area contributed by atoms with Crippen LogP contribution in [-0.2, 0) is 6.18 Å². The molecule has 3 nitrogen and oxygen atoms in total. The number of hydrogen-bond donors (Lipinski definition) is 1. The third-order valence-corrected chi connectivity index (χ3v) is 2.83. The molecule has 17 heavy (non-hydrogen) atoms. The Hall–Kier alpha value is -1.33. The maximum absolute atomic E-state index is 12.2. The first-order valence-corrected chi connectivity index (χ1v) is 5.52. The number of nitrogens with one attached hydrogen (secondary N) is 1. The number of aromatic nitrogens is 2. The van der Waals surface area contributed by atoms with E-state index in [0.717, 1.165) is 12.5 Å². The summed E-state index contributed by atoms with van der Waals surface area (Å²) in [5.41, 5.74) is -0.973. The zero-order valence-electron chi connectivity index (χ0n) is 10.0. The monoisotopic (exact) mass is 247 g/mol. The predicted octanol–water partition coefficient (Wildman–Crippen LogP) is 3.34. The molecule has 0 aliphatic rings. The van der Waals surface area contributed by atoms with Crippen LogP contribution in [0.4, 0.5) is 19.0 Å². The molecule has 1 rings (SSSR count). The highest BCUT2D eigenvalue weighted by Gasteiger charge is 2.32. The van der Waals surface area contributed by atoms with Crippen molar-refractivity contribution in [2.45, 2.75) is 39.4 Å². The normalized spacial score (nSPS) is 15.4. The van der Waals surface area contributed by atoms with Gasteiger partial charge < -0.3 is 5.32 Å². The van der Waals surface area contributed by atoms with Gasteiger partial charge in [0.25, 0.3) is 0 Å². The quantitative estimate of drug-likeness (QED) is 0.886. The molecule has 0 saturated carbocycles. The van der Waals surface area contributed by atoms with Gasteiger partial charge in [0.15, 0.2) is 5.69 Å². The Bertz CT molecular complexity index is 348. The van der Waals surface area contributed by atoms with Gasteiger partial charge in [-0.05, 0) is 25.0 Å². The second-order valence-corrected chi connectivity index (χ2v) is 4.12. The van der Waals surface area contributed by atoms with Crippen LogP contribution in [0, 0.1) is 5.92 Å². The summed E-state index contributed by atoms with van der Waals surface area (Å²) in [7, 11) is 0. The molecule has 0 fully saturated rings. The molecule has 1 aromatic rings. The summed E-state index contributed by atoms with van der Waals surface area (Å²) in [5.74, 6) is 0.782. The summed E-state index contributed by atoms with van der Waals surface area (Å²) in [6.45, 7) is 6.09. The lowest BCUT2D eigenvalue weighted by Crippen LogP contribution is -2.24. The number of nitrogens with zero attached hydrogens (tertiary/aromatic N) is 2. The lowest BCUT2D eigenvalue weighted by Gasteiger charge is -2.20. The van der Waals surface area contributed by atoms with Gasteiger partial charge in [-0.2, -0.15) is 13.2 Å². The van der Waals surface area contributed by atoms with Crippen molar-refractivity contribution in [2.24, 2.45) is 5.92 Å². The molecule has 0 aliphatic carbocycles. The van der Waals surface area contributed by atoms with E-state index in [0.29, 0.717) is 11.7 Å². The van der Waals surface area contributed by atoms with Crippen molar-refractivity contribution >= 4 is 5.82 Å². The highest BCUT2D eigenvalue weighted by Crippen LogP contribution is 2.27. The van der Waals surface area contributed by atoms with E-state index >= 15 is 0 Å². The van der Waals surface area contributed by atoms with Crippen molar-refractivity contribution < 1.29 is 13.2 Å². The van der Waals surface area contributed by atoms with Crippen LogP contribution in [0.5, 0.6) is 0 Å². The topological polar surface area (TPSA) is 37.8 Å². The van der Waals surface area contributed by atoms with Crippen LogP contribution in [-0.4, -0.2) is 16.2 Å². The predicted molar refractivity (Wildman–Crippen MR) is 59.6 cm³/mol. The molecule has 2 unspecified atom stereocenters. The maximum Gasteiger partial charge on any atom is 0.435 e. The Morgan fingerprint density at radius 2 is 1.88 bits per heavy atom. The molecule has 96 valence electrons. The van der Waals surface area contributed by atoms with Gasteiger partial charge in [0.1, 0.15) is 5.82 Å². The summed E-state index contributed by atoms with van der Waals surface area (Å²) in [6, 6.07) is 2.37. The number of halogens is 3. The average molecular weight is 247 g/mol. The largest absolute Gasteiger partial charge is 0.435 e. The van der Waals surface area contributed by atoms with Crippen molar-refractivity contribution in [2.75, 3.05) is 5.32 Å². The summed E-state index contributed by atoms with van der Waals surface area (Å²) < 4.78 is 36.7. The third kappa shape index (κ3) is 3.87. The summed E-state index contributed by atoms with van der Waals surface area (Å²) in [5, 5.41) is 9.70. The molecule has 1 heterocycles. The Kier molecular flexibility index (Phi) is 4.31. The molecule has 0 spiro atoms. The van der Waals surface area contributed by atoms with Crippen molar-refractivity contribution in [1.29, 1.82) is 0 Å². The molecule has 0 saturated heterocycles. The molecule has 0 amide bonds. The van der Waals surface area contributed by atoms with E-state index < -0.39 is 11.9 Å². The Morgan fingerprint density at radius 1 is 1.24 bits per heavy atom. The van der Waals surface area contributed by atoms with Crippen LogP contribution in [0.3, 0.4) is 0 Å². The van der Waals surface area contributed by atoms with Gasteiger partial charge in [-0.15, -0.1) is 10.2 Å². The van der Waals surface area contributed by atoms with Crippen molar-refractivity contribution in [3.63, 3.8) is 0 Å². The molecule has 1 aromatic heterocycles. The van der Waals surface area contributed by atoms with Gasteiger partial charge in [-0.3, -0.25) is 0 Å². The third-order valence-electron chi connectivity index (χ3n) is 2.83. The first-order valence-electron chi connectivity index (χ1n) is 5.52. The maximum atomic E-state index is 12.2. The van der Waals surface area contributed by atoms with E-state index in [1.165, 1.54) is 6.07 Å². The first-order chi connectivity index (χ1) is 7.84. The summed E-state index contributed by atoms with van der Waals surface area (Å²) >= 11 is 0. The molecule has 6 heteroatoms. The number of hydrogen-bond acceptors (Lipinski definition) is 3. The molecule has 0 aromatic carbocycles. The highest BCUT2D eigenvalue weighted by atomic mass is 19.4. The van der Waals surface area contributed by atoms with Gasteiger partial charge in [0.05, 0.1) is 0 Å². The number of alkyl halides is 3. The van der Waals surface area contributed by atoms with E-state index in [1.54, 1.807) is 0 Å². The van der Waals surface area contributed by atoms with Crippen LogP contribution >= 0.6 is 0 Å². The van der Waals surface area contributed by atoms with Gasteiger partial charge in [0.2, 0.25) is 0 Å². The van der Waals surface area contributed by atoms with Gasteiger partial charge in [-0.25, -0.2) is 0 Å². The molecule has 0 radical (unpaired) electrons. The van der Waals surface area contributed by atoms with E-state index in [9.17, 15) is 13.2 Å². The molecule has 1 N–H and O–H groups in total. The smallest absolute Gasteiger partial charge is 0.366 e. The molecule has 0 bridgehead atoms. The lowest BCUT2D eigenvalue weighted by atomic mass is 10.0. The fraction of sp³-hybridized carbons (Fsp3) is 0.636. The average Bonchev–Trinajstić information content (AvgIpc) is 2.27. The minimum absolute atomic E-state index is 0.144. The van der Waals surface area contributed by atoms with Crippen LogP contribution in [0.15, 0.2) is 12.1 Å². The summed E-state index contributed by atoms with van der Waals surface area (Å²) in [6.07, 6.45) is -3.45. The zero-order chi connectivity index (χ0) is 13.1. The van der Waals surface area contributed by atoms with Crippen LogP contribution in [0.25, 0.3) is 0 Å². The van der Waals surface area contributed by atoms with E-state index in [2.05, 4.69) is 29.4 Å². The highest BCUT2D eigenvalue weighted by molar-refractivity contribution is 5.34. The standard InChI is InChI=1S/C11H16F3N3/c1-4-7(2)8(3)15-10-6-5-9(16-17-10)11(12,13)14/h5-8H,4H2,1-3H3,(H,15,17).